The fourth-order valence-electron chi connectivity index (χ4n) is 4.80. The first kappa shape index (κ1) is 21.2. The predicted octanol–water partition coefficient (Wildman–Crippen LogP) is 3.68. The van der Waals surface area contributed by atoms with Gasteiger partial charge in [-0.15, -0.1) is 0 Å². The molecule has 2 fully saturated rings. The second-order valence-corrected chi connectivity index (χ2v) is 9.13. The SMILES string of the molecule is CCn1nc(C)cc1C(=O)N1CC2CN(CCCNc3ccc(C)c(Cl)c3)CC2C1. The molecule has 2 atom stereocenters. The second-order valence-electron chi connectivity index (χ2n) is 8.72. The van der Waals surface area contributed by atoms with Crippen LogP contribution in [0.15, 0.2) is 24.3 Å². The minimum atomic E-state index is 0.138. The molecule has 0 spiro atoms. The zero-order valence-electron chi connectivity index (χ0n) is 18.2. The number of halogens is 1. The Hall–Kier alpha value is -2.05. The molecule has 3 heterocycles. The number of carbonyl (C=O) groups excluding carboxylic acids is 1. The molecule has 1 aromatic carbocycles. The van der Waals surface area contributed by atoms with Crippen molar-refractivity contribution < 1.29 is 4.79 Å². The van der Waals surface area contributed by atoms with Crippen LogP contribution in [0.3, 0.4) is 0 Å². The van der Waals surface area contributed by atoms with Gasteiger partial charge in [-0.2, -0.15) is 5.10 Å². The van der Waals surface area contributed by atoms with Gasteiger partial charge in [0.25, 0.3) is 5.91 Å². The van der Waals surface area contributed by atoms with Crippen LogP contribution in [0.4, 0.5) is 5.69 Å². The van der Waals surface area contributed by atoms with Crippen molar-refractivity contribution in [2.75, 3.05) is 44.6 Å². The molecule has 1 amide bonds. The Balaban J connectivity index is 1.22. The number of amides is 1. The van der Waals surface area contributed by atoms with Crippen molar-refractivity contribution in [1.29, 1.82) is 0 Å². The minimum Gasteiger partial charge on any atom is -0.385 e. The Kier molecular flexibility index (Phi) is 6.34. The molecule has 30 heavy (non-hydrogen) atoms. The Morgan fingerprint density at radius 3 is 2.57 bits per heavy atom. The number of carbonyl (C=O) groups is 1. The smallest absolute Gasteiger partial charge is 0.272 e. The predicted molar refractivity (Wildman–Crippen MR) is 121 cm³/mol. The molecular formula is C23H32ClN5O. The Bertz CT molecular complexity index is 897. The van der Waals surface area contributed by atoms with Crippen LogP contribution in [0.5, 0.6) is 0 Å². The summed E-state index contributed by atoms with van der Waals surface area (Å²) < 4.78 is 1.83. The average Bonchev–Trinajstić information content (AvgIpc) is 3.40. The molecule has 162 valence electrons. The quantitative estimate of drug-likeness (QED) is 0.682. The number of hydrogen-bond acceptors (Lipinski definition) is 4. The van der Waals surface area contributed by atoms with Crippen molar-refractivity contribution >= 4 is 23.2 Å². The molecule has 2 aliphatic rings. The highest BCUT2D eigenvalue weighted by Crippen LogP contribution is 2.32. The van der Waals surface area contributed by atoms with Crippen LogP contribution in [-0.4, -0.2) is 64.8 Å². The number of aryl methyl sites for hydroxylation is 3. The van der Waals surface area contributed by atoms with Crippen molar-refractivity contribution in [3.8, 4) is 0 Å². The van der Waals surface area contributed by atoms with Crippen LogP contribution in [0, 0.1) is 25.7 Å². The molecule has 0 radical (unpaired) electrons. The lowest BCUT2D eigenvalue weighted by Gasteiger charge is -2.22. The number of nitrogens with one attached hydrogen (secondary N) is 1. The van der Waals surface area contributed by atoms with E-state index in [-0.39, 0.29) is 5.91 Å². The summed E-state index contributed by atoms with van der Waals surface area (Å²) in [6.45, 7) is 12.7. The molecule has 2 unspecified atom stereocenters. The van der Waals surface area contributed by atoms with Crippen molar-refractivity contribution in [2.45, 2.75) is 33.7 Å². The van der Waals surface area contributed by atoms with Gasteiger partial charge in [0.2, 0.25) is 0 Å². The van der Waals surface area contributed by atoms with Gasteiger partial charge in [-0.1, -0.05) is 17.7 Å². The molecule has 2 saturated heterocycles. The van der Waals surface area contributed by atoms with E-state index < -0.39 is 0 Å². The molecule has 0 aliphatic carbocycles. The highest BCUT2D eigenvalue weighted by Gasteiger charge is 2.41. The molecule has 0 bridgehead atoms. The lowest BCUT2D eigenvalue weighted by atomic mass is 10.0. The van der Waals surface area contributed by atoms with Crippen molar-refractivity contribution in [3.05, 3.63) is 46.2 Å². The van der Waals surface area contributed by atoms with Crippen LogP contribution in [0.25, 0.3) is 0 Å². The van der Waals surface area contributed by atoms with E-state index in [9.17, 15) is 4.79 Å². The van der Waals surface area contributed by atoms with Gasteiger partial charge in [-0.3, -0.25) is 9.48 Å². The number of anilines is 1. The summed E-state index contributed by atoms with van der Waals surface area (Å²) >= 11 is 6.19. The van der Waals surface area contributed by atoms with E-state index in [0.717, 1.165) is 79.9 Å². The molecule has 7 heteroatoms. The number of fused-ring (bicyclic) bond motifs is 1. The van der Waals surface area contributed by atoms with Gasteiger partial charge in [0.05, 0.1) is 5.69 Å². The first-order valence-corrected chi connectivity index (χ1v) is 11.4. The molecule has 4 rings (SSSR count). The number of nitrogens with zero attached hydrogens (tertiary/aromatic N) is 4. The largest absolute Gasteiger partial charge is 0.385 e. The third-order valence-corrected chi connectivity index (χ3v) is 6.83. The van der Waals surface area contributed by atoms with Gasteiger partial charge in [0, 0.05) is 50.0 Å². The van der Waals surface area contributed by atoms with E-state index in [1.807, 2.05) is 48.6 Å². The lowest BCUT2D eigenvalue weighted by Crippen LogP contribution is -2.34. The van der Waals surface area contributed by atoms with Crippen LogP contribution >= 0.6 is 11.6 Å². The molecule has 2 aromatic rings. The van der Waals surface area contributed by atoms with Crippen LogP contribution in [0.2, 0.25) is 5.02 Å². The number of aromatic nitrogens is 2. The summed E-state index contributed by atoms with van der Waals surface area (Å²) in [6, 6.07) is 8.04. The van der Waals surface area contributed by atoms with Crippen molar-refractivity contribution in [1.82, 2.24) is 19.6 Å². The van der Waals surface area contributed by atoms with E-state index in [0.29, 0.717) is 11.8 Å². The molecule has 1 N–H and O–H groups in total. The van der Waals surface area contributed by atoms with Crippen LogP contribution in [0.1, 0.15) is 35.1 Å². The van der Waals surface area contributed by atoms with E-state index in [1.54, 1.807) is 0 Å². The monoisotopic (exact) mass is 429 g/mol. The molecule has 1 aromatic heterocycles. The molecule has 2 aliphatic heterocycles. The van der Waals surface area contributed by atoms with Crippen LogP contribution in [-0.2, 0) is 6.54 Å². The summed E-state index contributed by atoms with van der Waals surface area (Å²) in [7, 11) is 0. The van der Waals surface area contributed by atoms with Gasteiger partial charge in [-0.05, 0) is 69.3 Å². The first-order chi connectivity index (χ1) is 14.4. The van der Waals surface area contributed by atoms with Gasteiger partial charge in [0.1, 0.15) is 5.69 Å². The minimum absolute atomic E-state index is 0.138. The molecule has 0 saturated carbocycles. The fourth-order valence-corrected chi connectivity index (χ4v) is 4.98. The maximum atomic E-state index is 13.0. The fraction of sp³-hybridized carbons (Fsp3) is 0.565. The van der Waals surface area contributed by atoms with E-state index in [1.165, 1.54) is 0 Å². The average molecular weight is 430 g/mol. The number of rotatable bonds is 7. The Labute approximate surface area is 184 Å². The van der Waals surface area contributed by atoms with Crippen LogP contribution < -0.4 is 5.32 Å². The summed E-state index contributed by atoms with van der Waals surface area (Å²) in [5.41, 5.74) is 3.83. The van der Waals surface area contributed by atoms with E-state index in [2.05, 4.69) is 21.4 Å². The number of benzene rings is 1. The Morgan fingerprint density at radius 2 is 1.90 bits per heavy atom. The van der Waals surface area contributed by atoms with Crippen molar-refractivity contribution in [3.63, 3.8) is 0 Å². The molecular weight excluding hydrogens is 398 g/mol. The number of likely N-dealkylation sites (tertiary alicyclic amines) is 2. The summed E-state index contributed by atoms with van der Waals surface area (Å²) in [4.78, 5) is 17.6. The van der Waals surface area contributed by atoms with Crippen molar-refractivity contribution in [2.24, 2.45) is 11.8 Å². The van der Waals surface area contributed by atoms with Gasteiger partial charge >= 0.3 is 0 Å². The summed E-state index contributed by atoms with van der Waals surface area (Å²) in [5.74, 6) is 1.33. The topological polar surface area (TPSA) is 53.4 Å². The van der Waals surface area contributed by atoms with E-state index in [4.69, 9.17) is 11.6 Å². The summed E-state index contributed by atoms with van der Waals surface area (Å²) in [6.07, 6.45) is 1.10. The van der Waals surface area contributed by atoms with Gasteiger partial charge in [-0.25, -0.2) is 0 Å². The third kappa shape index (κ3) is 4.49. The standard InChI is InChI=1S/C23H32ClN5O/c1-4-29-22(10-17(3)26-29)23(30)28-14-18-12-27(13-19(18)15-28)9-5-8-25-20-7-6-16(2)21(24)11-20/h6-7,10-11,18-19,25H,4-5,8-9,12-15H2,1-3H3. The number of hydrogen-bond donors (Lipinski definition) is 1. The van der Waals surface area contributed by atoms with Gasteiger partial charge in [0.15, 0.2) is 0 Å². The maximum Gasteiger partial charge on any atom is 0.272 e. The zero-order valence-corrected chi connectivity index (χ0v) is 19.0. The normalized spacial score (nSPS) is 21.3. The second kappa shape index (κ2) is 8.98. The highest BCUT2D eigenvalue weighted by molar-refractivity contribution is 6.31. The Morgan fingerprint density at radius 1 is 1.17 bits per heavy atom. The lowest BCUT2D eigenvalue weighted by molar-refractivity contribution is 0.0761. The highest BCUT2D eigenvalue weighted by atomic mass is 35.5. The maximum absolute atomic E-state index is 13.0. The first-order valence-electron chi connectivity index (χ1n) is 11.0. The third-order valence-electron chi connectivity index (χ3n) is 6.42. The zero-order chi connectivity index (χ0) is 21.3. The molecule has 6 nitrogen and oxygen atoms in total. The summed E-state index contributed by atoms with van der Waals surface area (Å²) in [5, 5.41) is 8.70. The van der Waals surface area contributed by atoms with Gasteiger partial charge < -0.3 is 15.1 Å². The van der Waals surface area contributed by atoms with E-state index >= 15 is 0 Å².